The molecule has 1 aromatic carbocycles. The van der Waals surface area contributed by atoms with E-state index in [1.807, 2.05) is 51.1 Å². The van der Waals surface area contributed by atoms with E-state index >= 15 is 0 Å². The second-order valence-corrected chi connectivity index (χ2v) is 4.06. The summed E-state index contributed by atoms with van der Waals surface area (Å²) in [5.41, 5.74) is 2.86. The Morgan fingerprint density at radius 2 is 1.80 bits per heavy atom. The molecular formula is C14H20ClN5. The molecule has 3 rings (SSSR count). The molecule has 0 radical (unpaired) electrons. The molecule has 0 spiro atoms. The molecule has 0 atom stereocenters. The molecule has 0 bridgehead atoms. The van der Waals surface area contributed by atoms with E-state index < -0.39 is 0 Å². The average Bonchev–Trinajstić information content (AvgIpc) is 2.91. The van der Waals surface area contributed by atoms with E-state index in [1.165, 1.54) is 6.33 Å². The number of hydrogen-bond donors (Lipinski definition) is 1. The lowest BCUT2D eigenvalue weighted by Crippen LogP contribution is -2.00. The largest absolute Gasteiger partial charge is 0.344 e. The van der Waals surface area contributed by atoms with Gasteiger partial charge in [-0.2, -0.15) is 15.1 Å². The van der Waals surface area contributed by atoms with E-state index in [1.54, 1.807) is 4.52 Å². The summed E-state index contributed by atoms with van der Waals surface area (Å²) in [6, 6.07) is 9.90. The van der Waals surface area contributed by atoms with Gasteiger partial charge in [0.15, 0.2) is 0 Å². The smallest absolute Gasteiger partial charge is 0.253 e. The molecule has 0 aliphatic heterocycles. The average molecular weight is 295 g/mol. The molecule has 0 unspecified atom stereocenters. The number of hydrogen-bond acceptors (Lipinski definition) is 4. The van der Waals surface area contributed by atoms with E-state index in [4.69, 9.17) is 11.6 Å². The van der Waals surface area contributed by atoms with Crippen LogP contribution in [-0.4, -0.2) is 19.6 Å². The van der Waals surface area contributed by atoms with Crippen molar-refractivity contribution in [3.05, 3.63) is 47.5 Å². The molecule has 0 saturated carbocycles. The van der Waals surface area contributed by atoms with E-state index in [9.17, 15) is 0 Å². The summed E-state index contributed by atoms with van der Waals surface area (Å²) in [5, 5.41) is 4.58. The Morgan fingerprint density at radius 1 is 1.15 bits per heavy atom. The second kappa shape index (κ2) is 6.98. The highest BCUT2D eigenvalue weighted by Gasteiger charge is 2.13. The number of halogens is 1. The summed E-state index contributed by atoms with van der Waals surface area (Å²) in [4.78, 5) is 8.26. The van der Waals surface area contributed by atoms with Crippen molar-refractivity contribution in [2.24, 2.45) is 0 Å². The van der Waals surface area contributed by atoms with Crippen molar-refractivity contribution in [1.82, 2.24) is 25.7 Å². The van der Waals surface area contributed by atoms with Crippen LogP contribution in [0.1, 0.15) is 21.0 Å². The molecule has 2 aromatic heterocycles. The topological polar surface area (TPSA) is 78.1 Å². The van der Waals surface area contributed by atoms with Gasteiger partial charge >= 0.3 is 0 Å². The van der Waals surface area contributed by atoms with Gasteiger partial charge in [-0.3, -0.25) is 0 Å². The van der Waals surface area contributed by atoms with Crippen molar-refractivity contribution >= 4 is 17.4 Å². The lowest BCUT2D eigenvalue weighted by atomic mass is 10.1. The predicted molar refractivity (Wildman–Crippen MR) is 84.4 cm³/mol. The lowest BCUT2D eigenvalue weighted by molar-refractivity contribution is 0.897. The van der Waals surface area contributed by atoms with Crippen molar-refractivity contribution in [2.45, 2.75) is 20.8 Å². The Bertz CT molecular complexity index is 684. The highest BCUT2D eigenvalue weighted by atomic mass is 35.5. The van der Waals surface area contributed by atoms with Gasteiger partial charge in [0.05, 0.1) is 5.69 Å². The van der Waals surface area contributed by atoms with Crippen LogP contribution in [0.25, 0.3) is 16.9 Å². The predicted octanol–water partition coefficient (Wildman–Crippen LogP) is 4.19. The maximum absolute atomic E-state index is 6.21. The first-order chi connectivity index (χ1) is 9.27. The van der Waals surface area contributed by atoms with Crippen molar-refractivity contribution in [3.8, 4) is 11.1 Å². The van der Waals surface area contributed by atoms with Crippen molar-refractivity contribution in [2.75, 3.05) is 0 Å². The molecular weight excluding hydrogens is 274 g/mol. The molecule has 0 aliphatic carbocycles. The summed E-state index contributed by atoms with van der Waals surface area (Å²) in [6.07, 6.45) is 1.47. The number of fused-ring (bicyclic) bond motifs is 1. The molecule has 3 N–H and O–H groups in total. The number of nitrogens with zero attached hydrogens (tertiary/aromatic N) is 4. The minimum atomic E-state index is 0. The van der Waals surface area contributed by atoms with Crippen molar-refractivity contribution in [3.63, 3.8) is 0 Å². The maximum atomic E-state index is 6.21. The molecule has 5 nitrogen and oxygen atoms in total. The van der Waals surface area contributed by atoms with Crippen LogP contribution in [0, 0.1) is 6.92 Å². The Labute approximate surface area is 124 Å². The Morgan fingerprint density at radius 3 is 2.45 bits per heavy atom. The Balaban J connectivity index is 0.000000961. The molecule has 108 valence electrons. The standard InChI is InChI=1S/C12H9ClN4.C2H6.H3N.H2/c1-8-10(9-5-3-2-4-6-9)11(13)16-12-14-7-15-17(8)12;1-2;;/h2-7H,1H3;1-2H3;1H3;1H/i;;;1+1. The van der Waals surface area contributed by atoms with Crippen LogP contribution < -0.4 is 6.15 Å². The van der Waals surface area contributed by atoms with Crippen LogP contribution in [-0.2, 0) is 0 Å². The van der Waals surface area contributed by atoms with Crippen LogP contribution in [0.4, 0.5) is 0 Å². The molecule has 3 aromatic rings. The number of aryl methyl sites for hydroxylation is 1. The first-order valence-corrected chi connectivity index (χ1v) is 6.56. The van der Waals surface area contributed by atoms with Gasteiger partial charge in [-0.25, -0.2) is 4.52 Å². The van der Waals surface area contributed by atoms with Gasteiger partial charge in [0, 0.05) is 6.99 Å². The van der Waals surface area contributed by atoms with E-state index in [-0.39, 0.29) is 7.58 Å². The van der Waals surface area contributed by atoms with Crippen LogP contribution in [0.5, 0.6) is 0 Å². The third kappa shape index (κ3) is 2.79. The zero-order chi connectivity index (χ0) is 13.8. The molecule has 0 saturated heterocycles. The fourth-order valence-electron chi connectivity index (χ4n) is 1.88. The molecule has 0 fully saturated rings. The fourth-order valence-corrected chi connectivity index (χ4v) is 2.20. The highest BCUT2D eigenvalue weighted by Crippen LogP contribution is 2.29. The third-order valence-corrected chi connectivity index (χ3v) is 2.95. The number of rotatable bonds is 1. The fraction of sp³-hybridized carbons (Fsp3) is 0.214. The minimum Gasteiger partial charge on any atom is -0.344 e. The number of aromatic nitrogens is 4. The molecule has 0 amide bonds. The summed E-state index contributed by atoms with van der Waals surface area (Å²) in [7, 11) is 0. The van der Waals surface area contributed by atoms with Crippen LogP contribution in [0.2, 0.25) is 5.15 Å². The summed E-state index contributed by atoms with van der Waals surface area (Å²) >= 11 is 6.21. The van der Waals surface area contributed by atoms with Crippen molar-refractivity contribution < 1.29 is 1.43 Å². The summed E-state index contributed by atoms with van der Waals surface area (Å²) < 4.78 is 1.69. The summed E-state index contributed by atoms with van der Waals surface area (Å²) in [5.74, 6) is 0.521. The third-order valence-electron chi connectivity index (χ3n) is 2.68. The molecule has 2 heterocycles. The summed E-state index contributed by atoms with van der Waals surface area (Å²) in [6.45, 7) is 5.96. The molecule has 6 heteroatoms. The molecule has 20 heavy (non-hydrogen) atoms. The Hall–Kier alpha value is -1.98. The zero-order valence-corrected chi connectivity index (χ0v) is 12.6. The van der Waals surface area contributed by atoms with Gasteiger partial charge in [0.1, 0.15) is 11.5 Å². The Kier molecular flexibility index (Phi) is 5.61. The van der Waals surface area contributed by atoms with E-state index in [0.29, 0.717) is 10.9 Å². The van der Waals surface area contributed by atoms with Gasteiger partial charge in [0.2, 0.25) is 0 Å². The van der Waals surface area contributed by atoms with Crippen LogP contribution in [0.3, 0.4) is 0 Å². The normalized spacial score (nSPS) is 9.60. The van der Waals surface area contributed by atoms with Gasteiger partial charge < -0.3 is 6.15 Å². The lowest BCUT2D eigenvalue weighted by Gasteiger charge is -2.08. The first kappa shape index (κ1) is 16.1. The highest BCUT2D eigenvalue weighted by molar-refractivity contribution is 6.32. The van der Waals surface area contributed by atoms with Gasteiger partial charge in [-0.1, -0.05) is 55.8 Å². The van der Waals surface area contributed by atoms with Crippen molar-refractivity contribution in [1.29, 1.82) is 0 Å². The quantitative estimate of drug-likeness (QED) is 0.683. The van der Waals surface area contributed by atoms with E-state index in [2.05, 4.69) is 15.1 Å². The van der Waals surface area contributed by atoms with Crippen LogP contribution in [0.15, 0.2) is 36.7 Å². The zero-order valence-electron chi connectivity index (χ0n) is 11.8. The minimum absolute atomic E-state index is 0. The van der Waals surface area contributed by atoms with Gasteiger partial charge in [-0.15, -0.1) is 0 Å². The van der Waals surface area contributed by atoms with Gasteiger partial charge in [-0.05, 0) is 12.5 Å². The number of benzene rings is 1. The monoisotopic (exact) mass is 294 g/mol. The van der Waals surface area contributed by atoms with E-state index in [0.717, 1.165) is 16.8 Å². The molecule has 0 aliphatic rings. The maximum Gasteiger partial charge on any atom is 0.253 e. The van der Waals surface area contributed by atoms with Gasteiger partial charge in [0.25, 0.3) is 5.78 Å². The first-order valence-electron chi connectivity index (χ1n) is 6.18. The SMILES string of the molecule is CC.Cc1c(-c2ccccc2)c(Cl)nc2ncnn12.N.[2HH]. The van der Waals surface area contributed by atoms with Crippen LogP contribution >= 0.6 is 11.6 Å². The second-order valence-electron chi connectivity index (χ2n) is 3.70.